The van der Waals surface area contributed by atoms with E-state index >= 15 is 0 Å². The Kier molecular flexibility index (Phi) is 11.4. The Hall–Kier alpha value is -5.02. The van der Waals surface area contributed by atoms with E-state index in [-0.39, 0.29) is 42.9 Å². The second-order valence-corrected chi connectivity index (χ2v) is 17.3. The second-order valence-electron chi connectivity index (χ2n) is 16.4. The predicted octanol–water partition coefficient (Wildman–Crippen LogP) is 5.30. The molecular formula is C44H53N8O5S+. The van der Waals surface area contributed by atoms with Crippen molar-refractivity contribution in [3.63, 3.8) is 0 Å². The zero-order valence-electron chi connectivity index (χ0n) is 33.9. The highest BCUT2D eigenvalue weighted by Gasteiger charge is 2.40. The van der Waals surface area contributed by atoms with E-state index in [1.165, 1.54) is 16.3 Å². The Bertz CT molecular complexity index is 2310. The maximum absolute atomic E-state index is 14.4. The smallest absolute Gasteiger partial charge is 0.324 e. The third kappa shape index (κ3) is 7.90. The average molecular weight is 806 g/mol. The molecule has 6 heterocycles. The monoisotopic (exact) mass is 805 g/mol. The number of rotatable bonds is 7. The van der Waals surface area contributed by atoms with Gasteiger partial charge in [-0.1, -0.05) is 44.2 Å². The van der Waals surface area contributed by atoms with Crippen LogP contribution in [0.4, 0.5) is 0 Å². The number of hydrogen-bond donors (Lipinski definition) is 3. The van der Waals surface area contributed by atoms with Gasteiger partial charge in [-0.05, 0) is 75.5 Å². The van der Waals surface area contributed by atoms with Crippen molar-refractivity contribution in [3.05, 3.63) is 88.5 Å². The summed E-state index contributed by atoms with van der Waals surface area (Å²) in [6, 6.07) is 18.6. The molecule has 2 aromatic carbocycles. The largest absolute Gasteiger partial charge is 0.464 e. The summed E-state index contributed by atoms with van der Waals surface area (Å²) in [6.45, 7) is 10.8. The minimum Gasteiger partial charge on any atom is -0.464 e. The van der Waals surface area contributed by atoms with Crippen LogP contribution in [-0.4, -0.2) is 76.2 Å². The molecule has 6 bridgehead atoms. The molecule has 2 amide bonds. The Morgan fingerprint density at radius 2 is 1.97 bits per heavy atom. The predicted molar refractivity (Wildman–Crippen MR) is 221 cm³/mol. The van der Waals surface area contributed by atoms with Gasteiger partial charge in [-0.2, -0.15) is 0 Å². The van der Waals surface area contributed by atoms with E-state index in [1.54, 1.807) is 13.3 Å². The number of esters is 1. The molecule has 0 radical (unpaired) electrons. The number of aromatic nitrogens is 4. The molecule has 3 aliphatic heterocycles. The third-order valence-electron chi connectivity index (χ3n) is 11.7. The number of carbonyl (C=O) groups excluding carboxylic acids is 3. The topological polar surface area (TPSA) is 144 Å². The lowest BCUT2D eigenvalue weighted by atomic mass is 9.93. The Balaban J connectivity index is 1.20. The highest BCUT2D eigenvalue weighted by molar-refractivity contribution is 7.10. The number of benzene rings is 2. The summed E-state index contributed by atoms with van der Waals surface area (Å²) in [5.74, 6) is -0.265. The molecule has 2 saturated heterocycles. The Morgan fingerprint density at radius 1 is 1.14 bits per heavy atom. The maximum atomic E-state index is 14.4. The number of fused-ring (bicyclic) bond motifs is 6. The van der Waals surface area contributed by atoms with Gasteiger partial charge in [-0.3, -0.25) is 24.4 Å². The molecule has 0 unspecified atom stereocenters. The van der Waals surface area contributed by atoms with E-state index in [0.717, 1.165) is 49.9 Å². The summed E-state index contributed by atoms with van der Waals surface area (Å²) in [5, 5.41) is 10.9. The van der Waals surface area contributed by atoms with Crippen LogP contribution in [0.15, 0.2) is 72.2 Å². The lowest BCUT2D eigenvalue weighted by Crippen LogP contribution is -2.60. The highest BCUT2D eigenvalue weighted by Crippen LogP contribution is 2.35. The number of imidazole rings is 1. The summed E-state index contributed by atoms with van der Waals surface area (Å²) < 4.78 is 16.5. The number of hydrogen-bond acceptors (Lipinski definition) is 10. The van der Waals surface area contributed by atoms with Crippen LogP contribution in [0.25, 0.3) is 33.7 Å². The second kappa shape index (κ2) is 16.7. The average Bonchev–Trinajstić information content (AvgIpc) is 4.00. The number of ether oxygens (including phenoxy) is 2. The molecule has 14 heteroatoms. The van der Waals surface area contributed by atoms with Crippen molar-refractivity contribution in [1.29, 1.82) is 0 Å². The number of cyclic esters (lactones) is 1. The van der Waals surface area contributed by atoms with E-state index in [1.807, 2.05) is 48.7 Å². The minimum atomic E-state index is -0.905. The maximum Gasteiger partial charge on any atom is 0.324 e. The molecular weight excluding hydrogens is 753 g/mol. The first-order chi connectivity index (χ1) is 28.0. The first kappa shape index (κ1) is 39.8. The van der Waals surface area contributed by atoms with Crippen LogP contribution in [0.2, 0.25) is 0 Å². The lowest BCUT2D eigenvalue weighted by molar-refractivity contribution is -0.657. The van der Waals surface area contributed by atoms with Gasteiger partial charge in [0.1, 0.15) is 18.7 Å². The Morgan fingerprint density at radius 3 is 2.76 bits per heavy atom. The molecule has 5 atom stereocenters. The molecule has 58 heavy (non-hydrogen) atoms. The SMILES string of the molecule is CC[n+]1c(-c2cccnc2[C@H](C)OC)n2c3cc(ccc31)-c1csc(n1)C[C@H](NC(=O)[C@@H]1CCN[C@H]1c1ccccc1)C(=O)N1CCC[C@H](N1)C(=O)OCC(C)(C)C2. The fourth-order valence-electron chi connectivity index (χ4n) is 8.65. The lowest BCUT2D eigenvalue weighted by Gasteiger charge is -2.35. The molecule has 0 aliphatic carbocycles. The van der Waals surface area contributed by atoms with Crippen molar-refractivity contribution in [3.8, 4) is 22.6 Å². The fraction of sp³-hybridized carbons (Fsp3) is 0.455. The van der Waals surface area contributed by atoms with Crippen LogP contribution in [0.5, 0.6) is 0 Å². The molecule has 13 nitrogen and oxygen atoms in total. The number of methoxy groups -OCH3 is 1. The van der Waals surface area contributed by atoms with Gasteiger partial charge in [0.25, 0.3) is 11.7 Å². The normalized spacial score (nSPS) is 23.0. The van der Waals surface area contributed by atoms with Crippen LogP contribution in [0.3, 0.4) is 0 Å². The van der Waals surface area contributed by atoms with Gasteiger partial charge < -0.3 is 20.1 Å². The number of amides is 2. The molecule has 3 aromatic heterocycles. The molecule has 5 aromatic rings. The molecule has 3 aliphatic rings. The van der Waals surface area contributed by atoms with Crippen molar-refractivity contribution in [2.75, 3.05) is 26.8 Å². The van der Waals surface area contributed by atoms with Crippen LogP contribution in [0.1, 0.15) is 75.4 Å². The van der Waals surface area contributed by atoms with Gasteiger partial charge in [0.05, 0.1) is 47.1 Å². The Labute approximate surface area is 343 Å². The molecule has 0 saturated carbocycles. The summed E-state index contributed by atoms with van der Waals surface area (Å²) in [7, 11) is 1.69. The zero-order valence-corrected chi connectivity index (χ0v) is 34.7. The van der Waals surface area contributed by atoms with Crippen LogP contribution in [0, 0.1) is 11.3 Å². The van der Waals surface area contributed by atoms with Crippen molar-refractivity contribution >= 4 is 40.2 Å². The summed E-state index contributed by atoms with van der Waals surface area (Å²) in [5.41, 5.74) is 9.30. The fourth-order valence-corrected chi connectivity index (χ4v) is 9.50. The summed E-state index contributed by atoms with van der Waals surface area (Å²) >= 11 is 1.47. The van der Waals surface area contributed by atoms with Gasteiger partial charge >= 0.3 is 5.97 Å². The number of nitrogens with one attached hydrogen (secondary N) is 3. The van der Waals surface area contributed by atoms with Gasteiger partial charge in [-0.25, -0.2) is 19.5 Å². The molecule has 0 spiro atoms. The van der Waals surface area contributed by atoms with Gasteiger partial charge in [0, 0.05) is 48.7 Å². The standard InChI is InChI=1S/C44H52N8O5S/c1-6-50-35-17-16-29-22-36(35)51(41(50)31-14-10-19-45-38(31)27(2)56-5)25-44(3,4)26-57-43(55)32-15-11-21-52(49-32)42(54)33(23-37-47-34(29)24-58-37)48-40(53)30-18-20-46-39(30)28-12-8-7-9-13-28/h7-10,12-14,16-17,19,22,24,27,30,32-33,39,46,49H,6,11,15,18,20-21,23,25-26H2,1-5H3/p+1/t27-,30+,32-,33-,39-/m0/s1. The number of pyridine rings is 1. The number of aryl methyl sites for hydroxylation is 1. The first-order valence-electron chi connectivity index (χ1n) is 20.4. The number of hydrazine groups is 1. The third-order valence-corrected chi connectivity index (χ3v) is 12.6. The van der Waals surface area contributed by atoms with Crippen molar-refractivity contribution < 1.29 is 28.4 Å². The molecule has 3 N–H and O–H groups in total. The van der Waals surface area contributed by atoms with E-state index in [0.29, 0.717) is 45.4 Å². The number of thiazole rings is 1. The van der Waals surface area contributed by atoms with Crippen LogP contribution in [-0.2, 0) is 43.4 Å². The van der Waals surface area contributed by atoms with E-state index in [2.05, 4.69) is 70.2 Å². The molecule has 2 fully saturated rings. The minimum absolute atomic E-state index is 0.156. The van der Waals surface area contributed by atoms with Crippen LogP contribution < -0.4 is 20.6 Å². The van der Waals surface area contributed by atoms with E-state index in [4.69, 9.17) is 19.4 Å². The van der Waals surface area contributed by atoms with Gasteiger partial charge in [0.15, 0.2) is 11.0 Å². The van der Waals surface area contributed by atoms with Gasteiger partial charge in [-0.15, -0.1) is 11.3 Å². The highest BCUT2D eigenvalue weighted by atomic mass is 32.1. The molecule has 8 rings (SSSR count). The summed E-state index contributed by atoms with van der Waals surface area (Å²) in [4.78, 5) is 52.2. The number of nitrogens with zero attached hydrogens (tertiary/aromatic N) is 5. The summed E-state index contributed by atoms with van der Waals surface area (Å²) in [6.07, 6.45) is 3.54. The van der Waals surface area contributed by atoms with E-state index < -0.39 is 23.5 Å². The quantitative estimate of drug-likeness (QED) is 0.148. The van der Waals surface area contributed by atoms with Gasteiger partial charge in [0.2, 0.25) is 5.91 Å². The van der Waals surface area contributed by atoms with Crippen molar-refractivity contribution in [2.24, 2.45) is 11.3 Å². The van der Waals surface area contributed by atoms with Crippen molar-refractivity contribution in [1.82, 2.24) is 35.6 Å². The zero-order chi connectivity index (χ0) is 40.6. The van der Waals surface area contributed by atoms with E-state index in [9.17, 15) is 14.4 Å². The van der Waals surface area contributed by atoms with Crippen LogP contribution >= 0.6 is 11.3 Å². The van der Waals surface area contributed by atoms with Crippen molar-refractivity contribution in [2.45, 2.75) is 90.7 Å². The molecule has 304 valence electrons. The first-order valence-corrected chi connectivity index (χ1v) is 21.2. The number of carbonyl (C=O) groups is 3.